The highest BCUT2D eigenvalue weighted by Crippen LogP contribution is 2.33. The Hall–Kier alpha value is -1.38. The molecule has 0 aromatic heterocycles. The maximum atomic E-state index is 5.54. The molecular weight excluding hydrogens is 192 g/mol. The fourth-order valence-corrected chi connectivity index (χ4v) is 1.37. The molecule has 0 amide bonds. The fraction of sp³-hybridized carbons (Fsp3) is 0.500. The van der Waals surface area contributed by atoms with E-state index in [4.69, 9.17) is 14.2 Å². The van der Waals surface area contributed by atoms with Crippen LogP contribution in [0, 0.1) is 6.92 Å². The van der Waals surface area contributed by atoms with Crippen LogP contribution in [0.3, 0.4) is 0 Å². The van der Waals surface area contributed by atoms with Crippen molar-refractivity contribution in [3.05, 3.63) is 17.7 Å². The number of rotatable bonds is 5. The second kappa shape index (κ2) is 5.49. The van der Waals surface area contributed by atoms with Crippen molar-refractivity contribution in [1.29, 1.82) is 0 Å². The van der Waals surface area contributed by atoms with Gasteiger partial charge in [-0.2, -0.15) is 0 Å². The molecule has 0 aliphatic carbocycles. The maximum absolute atomic E-state index is 5.54. The van der Waals surface area contributed by atoms with E-state index in [1.807, 2.05) is 19.1 Å². The standard InChI is InChI=1S/C12H18O3/c1-5-6-15-10-7-11(13-3)9(2)12(8-10)14-4/h7-8H,5-6H2,1-4H3. The van der Waals surface area contributed by atoms with Crippen LogP contribution in [0.25, 0.3) is 0 Å². The van der Waals surface area contributed by atoms with Gasteiger partial charge in [-0.15, -0.1) is 0 Å². The molecule has 0 atom stereocenters. The summed E-state index contributed by atoms with van der Waals surface area (Å²) in [6, 6.07) is 3.76. The van der Waals surface area contributed by atoms with Gasteiger partial charge in [-0.1, -0.05) is 6.92 Å². The molecule has 0 heterocycles. The van der Waals surface area contributed by atoms with Crippen molar-refractivity contribution in [2.45, 2.75) is 20.3 Å². The molecule has 0 fully saturated rings. The molecule has 0 aliphatic rings. The topological polar surface area (TPSA) is 27.7 Å². The first-order chi connectivity index (χ1) is 7.22. The molecule has 15 heavy (non-hydrogen) atoms. The predicted octanol–water partition coefficient (Wildman–Crippen LogP) is 2.80. The van der Waals surface area contributed by atoms with Crippen LogP contribution in [0.2, 0.25) is 0 Å². The van der Waals surface area contributed by atoms with Gasteiger partial charge < -0.3 is 14.2 Å². The van der Waals surface area contributed by atoms with E-state index >= 15 is 0 Å². The Bertz CT molecular complexity index is 296. The first-order valence-electron chi connectivity index (χ1n) is 5.08. The predicted molar refractivity (Wildman–Crippen MR) is 60.1 cm³/mol. The van der Waals surface area contributed by atoms with Crippen molar-refractivity contribution in [3.8, 4) is 17.2 Å². The molecule has 1 rings (SSSR count). The molecule has 0 spiro atoms. The third-order valence-electron chi connectivity index (χ3n) is 2.20. The first-order valence-corrected chi connectivity index (χ1v) is 5.08. The van der Waals surface area contributed by atoms with E-state index in [1.165, 1.54) is 0 Å². The van der Waals surface area contributed by atoms with Gasteiger partial charge in [0.25, 0.3) is 0 Å². The molecule has 0 radical (unpaired) electrons. The van der Waals surface area contributed by atoms with Crippen molar-refractivity contribution >= 4 is 0 Å². The molecule has 0 aliphatic heterocycles. The third kappa shape index (κ3) is 2.78. The lowest BCUT2D eigenvalue weighted by Crippen LogP contribution is -1.98. The number of ether oxygens (including phenoxy) is 3. The average Bonchev–Trinajstić information content (AvgIpc) is 2.27. The van der Waals surface area contributed by atoms with Gasteiger partial charge in [0.05, 0.1) is 20.8 Å². The molecule has 0 N–H and O–H groups in total. The zero-order valence-electron chi connectivity index (χ0n) is 9.79. The van der Waals surface area contributed by atoms with Gasteiger partial charge in [0, 0.05) is 17.7 Å². The van der Waals surface area contributed by atoms with Crippen molar-refractivity contribution in [3.63, 3.8) is 0 Å². The zero-order chi connectivity index (χ0) is 11.3. The lowest BCUT2D eigenvalue weighted by Gasteiger charge is -2.12. The molecule has 0 unspecified atom stereocenters. The Morgan fingerprint density at radius 2 is 1.60 bits per heavy atom. The minimum atomic E-state index is 0.704. The number of methoxy groups -OCH3 is 2. The summed E-state index contributed by atoms with van der Waals surface area (Å²) in [5.41, 5.74) is 0.990. The van der Waals surface area contributed by atoms with Crippen LogP contribution in [-0.4, -0.2) is 20.8 Å². The Morgan fingerprint density at radius 1 is 1.07 bits per heavy atom. The van der Waals surface area contributed by atoms with Gasteiger partial charge in [-0.25, -0.2) is 0 Å². The second-order valence-corrected chi connectivity index (χ2v) is 3.30. The molecule has 1 aromatic rings. The van der Waals surface area contributed by atoms with Crippen LogP contribution in [0.5, 0.6) is 17.2 Å². The minimum absolute atomic E-state index is 0.704. The van der Waals surface area contributed by atoms with Gasteiger partial charge in [-0.05, 0) is 13.3 Å². The maximum Gasteiger partial charge on any atom is 0.129 e. The lowest BCUT2D eigenvalue weighted by molar-refractivity contribution is 0.310. The summed E-state index contributed by atoms with van der Waals surface area (Å²) in [7, 11) is 3.29. The third-order valence-corrected chi connectivity index (χ3v) is 2.20. The molecule has 1 aromatic carbocycles. The Kier molecular flexibility index (Phi) is 4.28. The lowest BCUT2D eigenvalue weighted by atomic mass is 10.2. The molecule has 84 valence electrons. The summed E-state index contributed by atoms with van der Waals surface area (Å²) in [5.74, 6) is 2.37. The monoisotopic (exact) mass is 210 g/mol. The first kappa shape index (κ1) is 11.7. The van der Waals surface area contributed by atoms with Gasteiger partial charge in [0.1, 0.15) is 17.2 Å². The Labute approximate surface area is 91.0 Å². The summed E-state index contributed by atoms with van der Waals surface area (Å²) >= 11 is 0. The van der Waals surface area contributed by atoms with Gasteiger partial charge in [0.2, 0.25) is 0 Å². The van der Waals surface area contributed by atoms with E-state index in [0.717, 1.165) is 29.2 Å². The zero-order valence-corrected chi connectivity index (χ0v) is 9.79. The number of hydrogen-bond acceptors (Lipinski definition) is 3. The van der Waals surface area contributed by atoms with Gasteiger partial charge in [0.15, 0.2) is 0 Å². The van der Waals surface area contributed by atoms with Crippen LogP contribution in [0.4, 0.5) is 0 Å². The van der Waals surface area contributed by atoms with Crippen molar-refractivity contribution in [2.75, 3.05) is 20.8 Å². The fourth-order valence-electron chi connectivity index (χ4n) is 1.37. The average molecular weight is 210 g/mol. The highest BCUT2D eigenvalue weighted by Gasteiger charge is 2.08. The van der Waals surface area contributed by atoms with E-state index < -0.39 is 0 Å². The highest BCUT2D eigenvalue weighted by molar-refractivity contribution is 5.49. The van der Waals surface area contributed by atoms with Crippen molar-refractivity contribution < 1.29 is 14.2 Å². The molecule has 0 saturated heterocycles. The molecule has 3 heteroatoms. The summed E-state index contributed by atoms with van der Waals surface area (Å²) in [5, 5.41) is 0. The Morgan fingerprint density at radius 3 is 2.00 bits per heavy atom. The summed E-state index contributed by atoms with van der Waals surface area (Å²) in [6.45, 7) is 4.74. The SMILES string of the molecule is CCCOc1cc(OC)c(C)c(OC)c1. The van der Waals surface area contributed by atoms with Crippen molar-refractivity contribution in [1.82, 2.24) is 0 Å². The van der Waals surface area contributed by atoms with E-state index in [0.29, 0.717) is 6.61 Å². The summed E-state index contributed by atoms with van der Waals surface area (Å²) in [6.07, 6.45) is 0.985. The molecule has 3 nitrogen and oxygen atoms in total. The quantitative estimate of drug-likeness (QED) is 0.748. The number of hydrogen-bond donors (Lipinski definition) is 0. The summed E-state index contributed by atoms with van der Waals surface area (Å²) < 4.78 is 16.0. The number of benzene rings is 1. The van der Waals surface area contributed by atoms with Crippen molar-refractivity contribution in [2.24, 2.45) is 0 Å². The molecule has 0 saturated carbocycles. The second-order valence-electron chi connectivity index (χ2n) is 3.30. The van der Waals surface area contributed by atoms with E-state index in [1.54, 1.807) is 14.2 Å². The normalized spacial score (nSPS) is 9.87. The van der Waals surface area contributed by atoms with Crippen LogP contribution >= 0.6 is 0 Å². The van der Waals surface area contributed by atoms with Gasteiger partial charge >= 0.3 is 0 Å². The highest BCUT2D eigenvalue weighted by atomic mass is 16.5. The summed E-state index contributed by atoms with van der Waals surface area (Å²) in [4.78, 5) is 0. The minimum Gasteiger partial charge on any atom is -0.496 e. The van der Waals surface area contributed by atoms with E-state index in [-0.39, 0.29) is 0 Å². The van der Waals surface area contributed by atoms with Crippen LogP contribution in [0.1, 0.15) is 18.9 Å². The Balaban J connectivity index is 2.98. The van der Waals surface area contributed by atoms with Crippen LogP contribution < -0.4 is 14.2 Å². The van der Waals surface area contributed by atoms with Crippen LogP contribution in [0.15, 0.2) is 12.1 Å². The molecular formula is C12H18O3. The van der Waals surface area contributed by atoms with Crippen LogP contribution in [-0.2, 0) is 0 Å². The van der Waals surface area contributed by atoms with E-state index in [2.05, 4.69) is 6.92 Å². The largest absolute Gasteiger partial charge is 0.496 e. The molecule has 0 bridgehead atoms. The smallest absolute Gasteiger partial charge is 0.129 e. The van der Waals surface area contributed by atoms with Gasteiger partial charge in [-0.3, -0.25) is 0 Å². The van der Waals surface area contributed by atoms with E-state index in [9.17, 15) is 0 Å².